The molecule has 0 aliphatic carbocycles. The molecule has 0 bridgehead atoms. The van der Waals surface area contributed by atoms with Gasteiger partial charge >= 0.3 is 11.8 Å². The van der Waals surface area contributed by atoms with Crippen LogP contribution >= 0.6 is 0 Å². The van der Waals surface area contributed by atoms with Gasteiger partial charge in [-0.2, -0.15) is 5.10 Å². The molecule has 2 rings (SSSR count). The molecule has 2 aromatic rings. The van der Waals surface area contributed by atoms with Crippen molar-refractivity contribution in [2.45, 2.75) is 26.4 Å². The van der Waals surface area contributed by atoms with Crippen molar-refractivity contribution in [3.8, 4) is 11.5 Å². The van der Waals surface area contributed by atoms with Crippen molar-refractivity contribution in [1.29, 1.82) is 0 Å². The fourth-order valence-electron chi connectivity index (χ4n) is 2.64. The second-order valence-corrected chi connectivity index (χ2v) is 7.33. The van der Waals surface area contributed by atoms with Crippen molar-refractivity contribution in [2.24, 2.45) is 5.10 Å². The van der Waals surface area contributed by atoms with Crippen LogP contribution in [0.15, 0.2) is 53.6 Å². The number of amides is 3. The molecule has 0 fully saturated rings. The molecule has 0 saturated heterocycles. The van der Waals surface area contributed by atoms with Crippen LogP contribution in [0.3, 0.4) is 0 Å². The molecule has 10 nitrogen and oxygen atoms in total. The number of hydrazone groups is 1. The Labute approximate surface area is 198 Å². The van der Waals surface area contributed by atoms with Gasteiger partial charge in [-0.3, -0.25) is 14.4 Å². The average molecular weight is 471 g/mol. The van der Waals surface area contributed by atoms with E-state index in [0.717, 1.165) is 0 Å². The lowest BCUT2D eigenvalue weighted by molar-refractivity contribution is -0.139. The summed E-state index contributed by atoms with van der Waals surface area (Å²) in [5.41, 5.74) is 3.26. The van der Waals surface area contributed by atoms with Crippen molar-refractivity contribution < 1.29 is 28.6 Å². The summed E-state index contributed by atoms with van der Waals surface area (Å²) in [7, 11) is 1.54. The topological polar surface area (TPSA) is 127 Å². The number of rotatable bonds is 12. The van der Waals surface area contributed by atoms with Crippen LogP contribution in [0.5, 0.6) is 11.5 Å². The quantitative estimate of drug-likeness (QED) is 0.189. The predicted molar refractivity (Wildman–Crippen MR) is 128 cm³/mol. The maximum absolute atomic E-state index is 12.2. The highest BCUT2D eigenvalue weighted by Crippen LogP contribution is 2.18. The Kier molecular flexibility index (Phi) is 11.1. The summed E-state index contributed by atoms with van der Waals surface area (Å²) in [5.74, 6) is -1.03. The molecule has 0 spiro atoms. The average Bonchev–Trinajstić information content (AvgIpc) is 2.82. The Morgan fingerprint density at radius 1 is 1.06 bits per heavy atom. The molecule has 2 aromatic carbocycles. The first kappa shape index (κ1) is 26.3. The lowest BCUT2D eigenvalue weighted by atomic mass is 10.2. The summed E-state index contributed by atoms with van der Waals surface area (Å²) in [6.45, 7) is 4.41. The number of carbonyl (C=O) groups excluding carboxylic acids is 3. The molecule has 0 unspecified atom stereocenters. The highest BCUT2D eigenvalue weighted by atomic mass is 16.5. The van der Waals surface area contributed by atoms with Gasteiger partial charge in [-0.15, -0.1) is 0 Å². The SMILES string of the molecule is COc1cccc(NC(=O)COc2ccccc2/C=N\NC(=O)C(=O)NCCCOC(C)C)c1. The Morgan fingerprint density at radius 2 is 1.85 bits per heavy atom. The largest absolute Gasteiger partial charge is 0.497 e. The molecule has 3 N–H and O–H groups in total. The van der Waals surface area contributed by atoms with Crippen molar-refractivity contribution >= 4 is 29.6 Å². The van der Waals surface area contributed by atoms with Gasteiger partial charge in [0.2, 0.25) is 0 Å². The van der Waals surface area contributed by atoms with E-state index in [4.69, 9.17) is 14.2 Å². The summed E-state index contributed by atoms with van der Waals surface area (Å²) in [6.07, 6.45) is 2.04. The Bertz CT molecular complexity index is 993. The van der Waals surface area contributed by atoms with Crippen LogP contribution in [0, 0.1) is 0 Å². The zero-order valence-electron chi connectivity index (χ0n) is 19.5. The molecular weight excluding hydrogens is 440 g/mol. The first-order valence-corrected chi connectivity index (χ1v) is 10.8. The first-order valence-electron chi connectivity index (χ1n) is 10.8. The van der Waals surface area contributed by atoms with Gasteiger partial charge in [-0.1, -0.05) is 18.2 Å². The van der Waals surface area contributed by atoms with Gasteiger partial charge in [0.1, 0.15) is 11.5 Å². The van der Waals surface area contributed by atoms with Crippen LogP contribution in [0.25, 0.3) is 0 Å². The molecule has 0 aliphatic heterocycles. The van der Waals surface area contributed by atoms with Crippen molar-refractivity contribution in [3.63, 3.8) is 0 Å². The van der Waals surface area contributed by atoms with E-state index < -0.39 is 11.8 Å². The van der Waals surface area contributed by atoms with Gasteiger partial charge in [0.15, 0.2) is 6.61 Å². The number of methoxy groups -OCH3 is 1. The van der Waals surface area contributed by atoms with E-state index in [2.05, 4.69) is 21.2 Å². The second-order valence-electron chi connectivity index (χ2n) is 7.33. The van der Waals surface area contributed by atoms with E-state index >= 15 is 0 Å². The van der Waals surface area contributed by atoms with Gasteiger partial charge in [-0.05, 0) is 44.5 Å². The molecule has 0 atom stereocenters. The summed E-state index contributed by atoms with van der Waals surface area (Å²) < 4.78 is 16.1. The Balaban J connectivity index is 1.81. The first-order chi connectivity index (χ1) is 16.4. The second kappa shape index (κ2) is 14.3. The normalized spacial score (nSPS) is 10.7. The third kappa shape index (κ3) is 9.70. The zero-order chi connectivity index (χ0) is 24.8. The van der Waals surface area contributed by atoms with Crippen LogP contribution in [-0.4, -0.2) is 56.9 Å². The van der Waals surface area contributed by atoms with E-state index in [9.17, 15) is 14.4 Å². The summed E-state index contributed by atoms with van der Waals surface area (Å²) in [4.78, 5) is 35.9. The lowest BCUT2D eigenvalue weighted by Crippen LogP contribution is -2.38. The maximum Gasteiger partial charge on any atom is 0.329 e. The van der Waals surface area contributed by atoms with E-state index in [0.29, 0.717) is 42.3 Å². The fraction of sp³-hybridized carbons (Fsp3) is 0.333. The van der Waals surface area contributed by atoms with Gasteiger partial charge in [0, 0.05) is 30.5 Å². The third-order valence-corrected chi connectivity index (χ3v) is 4.27. The smallest absolute Gasteiger partial charge is 0.329 e. The highest BCUT2D eigenvalue weighted by molar-refractivity contribution is 6.35. The summed E-state index contributed by atoms with van der Waals surface area (Å²) in [5, 5.41) is 9.01. The monoisotopic (exact) mass is 470 g/mol. The molecular formula is C24H30N4O6. The van der Waals surface area contributed by atoms with E-state index in [-0.39, 0.29) is 18.6 Å². The number of ether oxygens (including phenoxy) is 3. The van der Waals surface area contributed by atoms with Crippen LogP contribution in [-0.2, 0) is 19.1 Å². The molecule has 10 heteroatoms. The number of hydrogen-bond acceptors (Lipinski definition) is 7. The molecule has 0 saturated carbocycles. The molecule has 0 aliphatic rings. The molecule has 0 heterocycles. The standard InChI is InChI=1S/C24H30N4O6/c1-17(2)33-13-7-12-25-23(30)24(31)28-26-15-18-8-4-5-11-21(18)34-16-22(29)27-19-9-6-10-20(14-19)32-3/h4-6,8-11,14-15,17H,7,12-13,16H2,1-3H3,(H,25,30)(H,27,29)(H,28,31)/b26-15-. The highest BCUT2D eigenvalue weighted by Gasteiger charge is 2.12. The number of nitrogens with one attached hydrogen (secondary N) is 3. The minimum absolute atomic E-state index is 0.113. The van der Waals surface area contributed by atoms with Crippen LogP contribution in [0.1, 0.15) is 25.8 Å². The summed E-state index contributed by atoms with van der Waals surface area (Å²) >= 11 is 0. The number of anilines is 1. The van der Waals surface area contributed by atoms with Crippen LogP contribution in [0.2, 0.25) is 0 Å². The lowest BCUT2D eigenvalue weighted by Gasteiger charge is -2.10. The fourth-order valence-corrected chi connectivity index (χ4v) is 2.64. The van der Waals surface area contributed by atoms with Gasteiger partial charge in [0.05, 0.1) is 19.4 Å². The molecule has 3 amide bonds. The zero-order valence-corrected chi connectivity index (χ0v) is 19.5. The van der Waals surface area contributed by atoms with E-state index in [1.165, 1.54) is 6.21 Å². The number of nitrogens with zero attached hydrogens (tertiary/aromatic N) is 1. The number of hydrogen-bond donors (Lipinski definition) is 3. The van der Waals surface area contributed by atoms with E-state index in [1.54, 1.807) is 55.6 Å². The number of benzene rings is 2. The number of para-hydroxylation sites is 1. The Morgan fingerprint density at radius 3 is 2.62 bits per heavy atom. The van der Waals surface area contributed by atoms with Crippen molar-refractivity contribution in [3.05, 3.63) is 54.1 Å². The Hall–Kier alpha value is -3.92. The number of carbonyl (C=O) groups is 3. The predicted octanol–water partition coefficient (Wildman–Crippen LogP) is 2.09. The third-order valence-electron chi connectivity index (χ3n) is 4.27. The maximum atomic E-state index is 12.2. The minimum atomic E-state index is -0.892. The van der Waals surface area contributed by atoms with Crippen LogP contribution < -0.4 is 25.5 Å². The molecule has 0 radical (unpaired) electrons. The van der Waals surface area contributed by atoms with Gasteiger partial charge in [-0.25, -0.2) is 5.43 Å². The van der Waals surface area contributed by atoms with Gasteiger partial charge in [0.25, 0.3) is 5.91 Å². The minimum Gasteiger partial charge on any atom is -0.497 e. The summed E-state index contributed by atoms with van der Waals surface area (Å²) in [6, 6.07) is 13.8. The molecule has 0 aromatic heterocycles. The van der Waals surface area contributed by atoms with Crippen molar-refractivity contribution in [2.75, 3.05) is 32.2 Å². The van der Waals surface area contributed by atoms with Crippen molar-refractivity contribution in [1.82, 2.24) is 10.7 Å². The van der Waals surface area contributed by atoms with Gasteiger partial charge < -0.3 is 24.8 Å². The molecule has 34 heavy (non-hydrogen) atoms. The van der Waals surface area contributed by atoms with E-state index in [1.807, 2.05) is 13.8 Å². The van der Waals surface area contributed by atoms with Crippen LogP contribution in [0.4, 0.5) is 5.69 Å². The molecule has 182 valence electrons.